The summed E-state index contributed by atoms with van der Waals surface area (Å²) in [6.45, 7) is 2.35. The molecule has 0 fully saturated rings. The standard InChI is InChI=1S/C16H15ClN2O3/c1-2-22-14-8-5-11(9-13(14)17)16(21)19-12-6-3-10(4-7-12)15(18)20/h3-9H,2H2,1H3,(H2,18,20)(H,19,21). The van der Waals surface area contributed by atoms with Gasteiger partial charge in [0.05, 0.1) is 11.6 Å². The number of amides is 2. The maximum atomic E-state index is 12.2. The summed E-state index contributed by atoms with van der Waals surface area (Å²) in [5, 5.41) is 3.09. The van der Waals surface area contributed by atoms with Gasteiger partial charge in [-0.1, -0.05) is 11.6 Å². The number of hydrogen-bond acceptors (Lipinski definition) is 3. The maximum Gasteiger partial charge on any atom is 0.255 e. The molecule has 5 nitrogen and oxygen atoms in total. The van der Waals surface area contributed by atoms with Gasteiger partial charge in [0.1, 0.15) is 5.75 Å². The van der Waals surface area contributed by atoms with Gasteiger partial charge in [-0.15, -0.1) is 0 Å². The van der Waals surface area contributed by atoms with Crippen LogP contribution in [0.4, 0.5) is 5.69 Å². The highest BCUT2D eigenvalue weighted by Crippen LogP contribution is 2.25. The Kier molecular flexibility index (Phi) is 5.01. The minimum absolute atomic E-state index is 0.309. The molecule has 2 amide bonds. The van der Waals surface area contributed by atoms with Crippen molar-refractivity contribution in [2.75, 3.05) is 11.9 Å². The Hall–Kier alpha value is -2.53. The smallest absolute Gasteiger partial charge is 0.255 e. The summed E-state index contributed by atoms with van der Waals surface area (Å²) in [4.78, 5) is 23.1. The Morgan fingerprint density at radius 3 is 2.32 bits per heavy atom. The fraction of sp³-hybridized carbons (Fsp3) is 0.125. The van der Waals surface area contributed by atoms with Crippen LogP contribution in [0.3, 0.4) is 0 Å². The molecule has 0 saturated heterocycles. The minimum atomic E-state index is -0.517. The molecule has 0 aromatic heterocycles. The van der Waals surface area contributed by atoms with Gasteiger partial charge in [0.25, 0.3) is 5.91 Å². The summed E-state index contributed by atoms with van der Waals surface area (Å²) in [6, 6.07) is 11.1. The molecular weight excluding hydrogens is 304 g/mol. The molecular formula is C16H15ClN2O3. The van der Waals surface area contributed by atoms with Crippen LogP contribution in [0.1, 0.15) is 27.6 Å². The SMILES string of the molecule is CCOc1ccc(C(=O)Nc2ccc(C(N)=O)cc2)cc1Cl. The average Bonchev–Trinajstić information content (AvgIpc) is 2.50. The van der Waals surface area contributed by atoms with Gasteiger partial charge in [0, 0.05) is 16.8 Å². The number of nitrogens with two attached hydrogens (primary N) is 1. The predicted molar refractivity (Wildman–Crippen MR) is 85.5 cm³/mol. The molecule has 0 radical (unpaired) electrons. The van der Waals surface area contributed by atoms with Crippen molar-refractivity contribution >= 4 is 29.1 Å². The first kappa shape index (κ1) is 15.9. The topological polar surface area (TPSA) is 81.4 Å². The van der Waals surface area contributed by atoms with Crippen molar-refractivity contribution in [3.63, 3.8) is 0 Å². The number of benzene rings is 2. The molecule has 0 spiro atoms. The molecule has 114 valence electrons. The molecule has 6 heteroatoms. The van der Waals surface area contributed by atoms with Crippen LogP contribution in [0.5, 0.6) is 5.75 Å². The predicted octanol–water partition coefficient (Wildman–Crippen LogP) is 3.09. The van der Waals surface area contributed by atoms with Crippen LogP contribution in [0.25, 0.3) is 0 Å². The van der Waals surface area contributed by atoms with Gasteiger partial charge < -0.3 is 15.8 Å². The van der Waals surface area contributed by atoms with E-state index in [1.54, 1.807) is 42.5 Å². The van der Waals surface area contributed by atoms with Gasteiger partial charge in [-0.05, 0) is 49.4 Å². The Balaban J connectivity index is 2.11. The van der Waals surface area contributed by atoms with Gasteiger partial charge in [-0.25, -0.2) is 0 Å². The molecule has 2 rings (SSSR count). The third kappa shape index (κ3) is 3.77. The fourth-order valence-electron chi connectivity index (χ4n) is 1.84. The highest BCUT2D eigenvalue weighted by atomic mass is 35.5. The normalized spacial score (nSPS) is 10.1. The van der Waals surface area contributed by atoms with Gasteiger partial charge in [0.15, 0.2) is 0 Å². The minimum Gasteiger partial charge on any atom is -0.492 e. The number of hydrogen-bond donors (Lipinski definition) is 2. The van der Waals surface area contributed by atoms with E-state index in [0.717, 1.165) is 0 Å². The van der Waals surface area contributed by atoms with Crippen molar-refractivity contribution < 1.29 is 14.3 Å². The van der Waals surface area contributed by atoms with E-state index in [-0.39, 0.29) is 5.91 Å². The van der Waals surface area contributed by atoms with Crippen LogP contribution >= 0.6 is 11.6 Å². The van der Waals surface area contributed by atoms with E-state index >= 15 is 0 Å². The van der Waals surface area contributed by atoms with Crippen LogP contribution in [0.2, 0.25) is 5.02 Å². The first-order valence-electron chi connectivity index (χ1n) is 6.65. The second-order valence-corrected chi connectivity index (χ2v) is 4.88. The molecule has 2 aromatic carbocycles. The second kappa shape index (κ2) is 6.95. The van der Waals surface area contributed by atoms with Gasteiger partial charge >= 0.3 is 0 Å². The molecule has 0 heterocycles. The number of ether oxygens (including phenoxy) is 1. The third-order valence-electron chi connectivity index (χ3n) is 2.92. The Morgan fingerprint density at radius 2 is 1.77 bits per heavy atom. The summed E-state index contributed by atoms with van der Waals surface area (Å²) in [5.74, 6) is -0.292. The molecule has 0 aliphatic heterocycles. The average molecular weight is 319 g/mol. The van der Waals surface area contributed by atoms with Gasteiger partial charge in [-0.2, -0.15) is 0 Å². The number of anilines is 1. The van der Waals surface area contributed by atoms with E-state index in [1.165, 1.54) is 0 Å². The highest BCUT2D eigenvalue weighted by molar-refractivity contribution is 6.32. The Labute approximate surface area is 133 Å². The van der Waals surface area contributed by atoms with Crippen molar-refractivity contribution in [2.45, 2.75) is 6.92 Å². The fourth-order valence-corrected chi connectivity index (χ4v) is 2.07. The zero-order chi connectivity index (χ0) is 16.1. The number of primary amides is 1. The molecule has 3 N–H and O–H groups in total. The zero-order valence-corrected chi connectivity index (χ0v) is 12.7. The molecule has 0 aliphatic carbocycles. The van der Waals surface area contributed by atoms with Crippen molar-refractivity contribution in [3.05, 3.63) is 58.6 Å². The number of rotatable bonds is 5. The molecule has 0 saturated carbocycles. The van der Waals surface area contributed by atoms with Crippen LogP contribution in [0.15, 0.2) is 42.5 Å². The third-order valence-corrected chi connectivity index (χ3v) is 3.22. The molecule has 2 aromatic rings. The molecule has 0 aliphatic rings. The number of nitrogens with one attached hydrogen (secondary N) is 1. The quantitative estimate of drug-likeness (QED) is 0.888. The lowest BCUT2D eigenvalue weighted by Gasteiger charge is -2.09. The van der Waals surface area contributed by atoms with E-state index in [0.29, 0.717) is 34.2 Å². The van der Waals surface area contributed by atoms with Crippen molar-refractivity contribution in [1.29, 1.82) is 0 Å². The summed E-state index contributed by atoms with van der Waals surface area (Å²) in [7, 11) is 0. The zero-order valence-electron chi connectivity index (χ0n) is 11.9. The Bertz CT molecular complexity index is 699. The largest absolute Gasteiger partial charge is 0.492 e. The van der Waals surface area contributed by atoms with Crippen molar-refractivity contribution in [3.8, 4) is 5.75 Å². The number of halogens is 1. The summed E-state index contributed by atoms with van der Waals surface area (Å²) < 4.78 is 5.32. The highest BCUT2D eigenvalue weighted by Gasteiger charge is 2.10. The molecule has 0 bridgehead atoms. The molecule has 22 heavy (non-hydrogen) atoms. The van der Waals surface area contributed by atoms with Crippen molar-refractivity contribution in [2.24, 2.45) is 5.73 Å². The number of carbonyl (C=O) groups is 2. The Morgan fingerprint density at radius 1 is 1.14 bits per heavy atom. The summed E-state index contributed by atoms with van der Waals surface area (Å²) >= 11 is 6.05. The summed E-state index contributed by atoms with van der Waals surface area (Å²) in [6.07, 6.45) is 0. The van der Waals surface area contributed by atoms with Crippen LogP contribution in [-0.4, -0.2) is 18.4 Å². The van der Waals surface area contributed by atoms with Crippen LogP contribution in [0, 0.1) is 0 Å². The van der Waals surface area contributed by atoms with Gasteiger partial charge in [0.2, 0.25) is 5.91 Å². The monoisotopic (exact) mass is 318 g/mol. The van der Waals surface area contributed by atoms with E-state index in [1.807, 2.05) is 6.92 Å². The van der Waals surface area contributed by atoms with Crippen LogP contribution < -0.4 is 15.8 Å². The van der Waals surface area contributed by atoms with E-state index in [9.17, 15) is 9.59 Å². The molecule has 0 atom stereocenters. The van der Waals surface area contributed by atoms with Gasteiger partial charge in [-0.3, -0.25) is 9.59 Å². The first-order valence-corrected chi connectivity index (χ1v) is 7.02. The van der Waals surface area contributed by atoms with Crippen LogP contribution in [-0.2, 0) is 0 Å². The van der Waals surface area contributed by atoms with E-state index in [2.05, 4.69) is 5.32 Å². The van der Waals surface area contributed by atoms with E-state index in [4.69, 9.17) is 22.1 Å². The first-order chi connectivity index (χ1) is 10.5. The lowest BCUT2D eigenvalue weighted by atomic mass is 10.1. The summed E-state index contributed by atoms with van der Waals surface area (Å²) in [5.41, 5.74) is 6.50. The second-order valence-electron chi connectivity index (χ2n) is 4.47. The van der Waals surface area contributed by atoms with E-state index < -0.39 is 5.91 Å². The lowest BCUT2D eigenvalue weighted by Crippen LogP contribution is -2.13. The lowest BCUT2D eigenvalue weighted by molar-refractivity contribution is 0.0998. The maximum absolute atomic E-state index is 12.2. The molecule has 0 unspecified atom stereocenters. The number of carbonyl (C=O) groups excluding carboxylic acids is 2. The van der Waals surface area contributed by atoms with Crippen molar-refractivity contribution in [1.82, 2.24) is 0 Å².